The van der Waals surface area contributed by atoms with Crippen molar-refractivity contribution in [2.24, 2.45) is 0 Å². The Morgan fingerprint density at radius 3 is 1.85 bits per heavy atom. The number of hydrogen-bond acceptors (Lipinski definition) is 2. The number of Topliss-reactive ketones (excluding diaryl/α,β-unsaturated/α-hetero) is 1. The van der Waals surface area contributed by atoms with Crippen LogP contribution in [0.1, 0.15) is 104 Å². The molecule has 0 aromatic rings. The summed E-state index contributed by atoms with van der Waals surface area (Å²) in [5, 5.41) is 9.71. The molecular formula is C18H36O2. The standard InChI is InChI=1S/C18H36O2/c1-3-5-7-8-10-14-18(20)16-12-9-11-15-17(19)13-6-4-2/h17,19H,3-16H2,1-2H3/t17-/m1/s1. The molecule has 2 nitrogen and oxygen atoms in total. The molecule has 0 saturated heterocycles. The number of aliphatic hydroxyl groups is 1. The van der Waals surface area contributed by atoms with Gasteiger partial charge < -0.3 is 5.11 Å². The van der Waals surface area contributed by atoms with E-state index in [0.29, 0.717) is 5.78 Å². The fraction of sp³-hybridized carbons (Fsp3) is 0.944. The van der Waals surface area contributed by atoms with Gasteiger partial charge in [0.25, 0.3) is 0 Å². The van der Waals surface area contributed by atoms with Crippen LogP contribution in [-0.4, -0.2) is 17.0 Å². The van der Waals surface area contributed by atoms with E-state index in [2.05, 4.69) is 13.8 Å². The molecule has 0 aromatic heterocycles. The lowest BCUT2D eigenvalue weighted by molar-refractivity contribution is -0.119. The van der Waals surface area contributed by atoms with E-state index in [1.807, 2.05) is 0 Å². The SMILES string of the molecule is CCCCCCCC(=O)CCCCC[C@H](O)CCCC. The van der Waals surface area contributed by atoms with Crippen molar-refractivity contribution >= 4 is 5.78 Å². The summed E-state index contributed by atoms with van der Waals surface area (Å²) in [6.45, 7) is 4.37. The molecule has 0 radical (unpaired) electrons. The lowest BCUT2D eigenvalue weighted by atomic mass is 10.0. The fourth-order valence-corrected chi connectivity index (χ4v) is 2.51. The molecule has 0 aromatic carbocycles. The summed E-state index contributed by atoms with van der Waals surface area (Å²) in [7, 11) is 0. The van der Waals surface area contributed by atoms with Crippen molar-refractivity contribution in [1.29, 1.82) is 0 Å². The Hall–Kier alpha value is -0.370. The topological polar surface area (TPSA) is 37.3 Å². The number of aliphatic hydroxyl groups excluding tert-OH is 1. The molecule has 0 aliphatic rings. The van der Waals surface area contributed by atoms with Gasteiger partial charge in [-0.2, -0.15) is 0 Å². The van der Waals surface area contributed by atoms with Crippen molar-refractivity contribution in [1.82, 2.24) is 0 Å². The maximum Gasteiger partial charge on any atom is 0.132 e. The van der Waals surface area contributed by atoms with Gasteiger partial charge in [0.05, 0.1) is 6.10 Å². The van der Waals surface area contributed by atoms with Crippen molar-refractivity contribution < 1.29 is 9.90 Å². The predicted molar refractivity (Wildman–Crippen MR) is 87.0 cm³/mol. The molecule has 0 bridgehead atoms. The summed E-state index contributed by atoms with van der Waals surface area (Å²) in [6.07, 6.45) is 14.8. The van der Waals surface area contributed by atoms with E-state index in [-0.39, 0.29) is 6.10 Å². The van der Waals surface area contributed by atoms with Gasteiger partial charge in [-0.15, -0.1) is 0 Å². The van der Waals surface area contributed by atoms with Crippen LogP contribution in [0.4, 0.5) is 0 Å². The van der Waals surface area contributed by atoms with Crippen LogP contribution in [0.5, 0.6) is 0 Å². The van der Waals surface area contributed by atoms with E-state index in [1.54, 1.807) is 0 Å². The zero-order chi connectivity index (χ0) is 15.1. The quantitative estimate of drug-likeness (QED) is 0.408. The lowest BCUT2D eigenvalue weighted by Crippen LogP contribution is -2.06. The van der Waals surface area contributed by atoms with Crippen molar-refractivity contribution in [2.45, 2.75) is 110 Å². The van der Waals surface area contributed by atoms with Crippen molar-refractivity contribution in [2.75, 3.05) is 0 Å². The first-order valence-electron chi connectivity index (χ1n) is 8.90. The van der Waals surface area contributed by atoms with Gasteiger partial charge in [-0.1, -0.05) is 65.2 Å². The number of carbonyl (C=O) groups excluding carboxylic acids is 1. The number of unbranched alkanes of at least 4 members (excludes halogenated alkanes) is 7. The molecule has 20 heavy (non-hydrogen) atoms. The highest BCUT2D eigenvalue weighted by Crippen LogP contribution is 2.12. The van der Waals surface area contributed by atoms with Crippen LogP contribution in [0.25, 0.3) is 0 Å². The van der Waals surface area contributed by atoms with E-state index in [4.69, 9.17) is 0 Å². The first-order valence-corrected chi connectivity index (χ1v) is 8.90. The van der Waals surface area contributed by atoms with E-state index < -0.39 is 0 Å². The second kappa shape index (κ2) is 15.0. The normalized spacial score (nSPS) is 12.6. The summed E-state index contributed by atoms with van der Waals surface area (Å²) < 4.78 is 0. The average Bonchev–Trinajstić information content (AvgIpc) is 2.44. The number of ketones is 1. The van der Waals surface area contributed by atoms with Crippen LogP contribution >= 0.6 is 0 Å². The Labute approximate surface area is 126 Å². The Balaban J connectivity index is 3.26. The van der Waals surface area contributed by atoms with E-state index in [9.17, 15) is 9.90 Å². The third-order valence-corrected chi connectivity index (χ3v) is 3.94. The first-order chi connectivity index (χ1) is 9.70. The zero-order valence-corrected chi connectivity index (χ0v) is 13.8. The van der Waals surface area contributed by atoms with Crippen molar-refractivity contribution in [3.05, 3.63) is 0 Å². The smallest absolute Gasteiger partial charge is 0.132 e. The molecule has 1 atom stereocenters. The van der Waals surface area contributed by atoms with Gasteiger partial charge in [0, 0.05) is 12.8 Å². The van der Waals surface area contributed by atoms with Crippen molar-refractivity contribution in [3.63, 3.8) is 0 Å². The molecule has 0 unspecified atom stereocenters. The highest BCUT2D eigenvalue weighted by atomic mass is 16.3. The van der Waals surface area contributed by atoms with E-state index in [1.165, 1.54) is 25.7 Å². The third kappa shape index (κ3) is 14.0. The van der Waals surface area contributed by atoms with Gasteiger partial charge in [-0.25, -0.2) is 0 Å². The molecule has 1 N–H and O–H groups in total. The van der Waals surface area contributed by atoms with Crippen LogP contribution in [0.3, 0.4) is 0 Å². The van der Waals surface area contributed by atoms with Crippen LogP contribution in [0.15, 0.2) is 0 Å². The van der Waals surface area contributed by atoms with Gasteiger partial charge in [-0.3, -0.25) is 4.79 Å². The Morgan fingerprint density at radius 1 is 0.750 bits per heavy atom. The zero-order valence-electron chi connectivity index (χ0n) is 13.8. The van der Waals surface area contributed by atoms with E-state index in [0.717, 1.165) is 64.2 Å². The molecular weight excluding hydrogens is 248 g/mol. The first kappa shape index (κ1) is 19.6. The second-order valence-electron chi connectivity index (χ2n) is 6.10. The highest BCUT2D eigenvalue weighted by molar-refractivity contribution is 5.78. The molecule has 0 rings (SSSR count). The monoisotopic (exact) mass is 284 g/mol. The maximum atomic E-state index is 11.7. The summed E-state index contributed by atoms with van der Waals surface area (Å²) in [4.78, 5) is 11.7. The highest BCUT2D eigenvalue weighted by Gasteiger charge is 2.04. The molecule has 0 aliphatic heterocycles. The third-order valence-electron chi connectivity index (χ3n) is 3.94. The minimum Gasteiger partial charge on any atom is -0.393 e. The largest absolute Gasteiger partial charge is 0.393 e. The van der Waals surface area contributed by atoms with Gasteiger partial charge in [-0.05, 0) is 25.7 Å². The Morgan fingerprint density at radius 2 is 1.25 bits per heavy atom. The molecule has 0 amide bonds. The number of carbonyl (C=O) groups is 1. The lowest BCUT2D eigenvalue weighted by Gasteiger charge is -2.09. The summed E-state index contributed by atoms with van der Waals surface area (Å²) in [5.74, 6) is 0.438. The van der Waals surface area contributed by atoms with Gasteiger partial charge >= 0.3 is 0 Å². The molecule has 0 aliphatic carbocycles. The molecule has 120 valence electrons. The fourth-order valence-electron chi connectivity index (χ4n) is 2.51. The second-order valence-corrected chi connectivity index (χ2v) is 6.10. The van der Waals surface area contributed by atoms with Crippen LogP contribution < -0.4 is 0 Å². The minimum atomic E-state index is -0.121. The van der Waals surface area contributed by atoms with Crippen molar-refractivity contribution in [3.8, 4) is 0 Å². The van der Waals surface area contributed by atoms with Crippen LogP contribution in [0.2, 0.25) is 0 Å². The van der Waals surface area contributed by atoms with Gasteiger partial charge in [0.2, 0.25) is 0 Å². The Kier molecular flexibility index (Phi) is 14.7. The molecule has 0 spiro atoms. The minimum absolute atomic E-state index is 0.121. The average molecular weight is 284 g/mol. The number of rotatable bonds is 15. The molecule has 0 saturated carbocycles. The van der Waals surface area contributed by atoms with Gasteiger partial charge in [0.1, 0.15) is 5.78 Å². The van der Waals surface area contributed by atoms with Gasteiger partial charge in [0.15, 0.2) is 0 Å². The van der Waals surface area contributed by atoms with Crippen LogP contribution in [0, 0.1) is 0 Å². The molecule has 0 heterocycles. The maximum absolute atomic E-state index is 11.7. The predicted octanol–water partition coefficient (Wildman–Crippen LogP) is 5.42. The molecule has 2 heteroatoms. The van der Waals surface area contributed by atoms with Crippen LogP contribution in [-0.2, 0) is 4.79 Å². The summed E-state index contributed by atoms with van der Waals surface area (Å²) >= 11 is 0. The Bertz CT molecular complexity index is 213. The summed E-state index contributed by atoms with van der Waals surface area (Å²) in [5.41, 5.74) is 0. The molecule has 0 fully saturated rings. The number of hydrogen-bond donors (Lipinski definition) is 1. The van der Waals surface area contributed by atoms with E-state index >= 15 is 0 Å². The summed E-state index contributed by atoms with van der Waals surface area (Å²) in [6, 6.07) is 0.